The topological polar surface area (TPSA) is 103 Å². The van der Waals surface area contributed by atoms with Gasteiger partial charge in [-0.1, -0.05) is 30.3 Å². The number of amides is 4. The number of nitrogens with one attached hydrogen (secondary N) is 3. The first-order chi connectivity index (χ1) is 16.5. The third kappa shape index (κ3) is 6.16. The standard InChI is InChI=1S/C24H24FN5O3S/c25-18-8-6-16(7-9-18)14-21(31)30-12-10-17(11-13-30)23-27-20(15-34-23)22(32)28-29-24(33)26-19-4-2-1-3-5-19/h1-9,15,17H,10-14H2,(H,28,32)(H2,26,29,33). The minimum Gasteiger partial charge on any atom is -0.342 e. The highest BCUT2D eigenvalue weighted by molar-refractivity contribution is 7.09. The van der Waals surface area contributed by atoms with E-state index in [-0.39, 0.29) is 29.8 Å². The summed E-state index contributed by atoms with van der Waals surface area (Å²) in [6.45, 7) is 1.21. The molecule has 176 valence electrons. The van der Waals surface area contributed by atoms with Crippen molar-refractivity contribution >= 4 is 34.9 Å². The summed E-state index contributed by atoms with van der Waals surface area (Å²) in [5, 5.41) is 5.10. The number of piperidine rings is 1. The van der Waals surface area contributed by atoms with Crippen molar-refractivity contribution in [1.29, 1.82) is 0 Å². The lowest BCUT2D eigenvalue weighted by atomic mass is 9.97. The van der Waals surface area contributed by atoms with E-state index in [0.717, 1.165) is 23.4 Å². The first kappa shape index (κ1) is 23.4. The van der Waals surface area contributed by atoms with Crippen molar-refractivity contribution in [3.05, 3.63) is 82.1 Å². The molecule has 0 saturated carbocycles. The largest absolute Gasteiger partial charge is 0.342 e. The second-order valence-corrected chi connectivity index (χ2v) is 8.82. The maximum atomic E-state index is 13.0. The fourth-order valence-corrected chi connectivity index (χ4v) is 4.68. The summed E-state index contributed by atoms with van der Waals surface area (Å²) in [6.07, 6.45) is 1.75. The highest BCUT2D eigenvalue weighted by Gasteiger charge is 2.26. The molecule has 1 aliphatic rings. The summed E-state index contributed by atoms with van der Waals surface area (Å²) in [4.78, 5) is 43.1. The van der Waals surface area contributed by atoms with Gasteiger partial charge >= 0.3 is 6.03 Å². The molecule has 1 aliphatic heterocycles. The molecule has 3 N–H and O–H groups in total. The molecule has 2 heterocycles. The fraction of sp³-hybridized carbons (Fsp3) is 0.250. The van der Waals surface area contributed by atoms with Crippen LogP contribution in [0, 0.1) is 5.82 Å². The maximum Gasteiger partial charge on any atom is 0.337 e. The summed E-state index contributed by atoms with van der Waals surface area (Å²) >= 11 is 1.40. The number of benzene rings is 2. The summed E-state index contributed by atoms with van der Waals surface area (Å²) in [6, 6.07) is 14.3. The smallest absolute Gasteiger partial charge is 0.337 e. The fourth-order valence-electron chi connectivity index (χ4n) is 3.71. The monoisotopic (exact) mass is 481 g/mol. The van der Waals surface area contributed by atoms with Crippen LogP contribution in [-0.4, -0.2) is 40.8 Å². The normalized spacial score (nSPS) is 13.9. The van der Waals surface area contributed by atoms with Gasteiger partial charge in [0.15, 0.2) is 0 Å². The molecule has 0 atom stereocenters. The van der Waals surface area contributed by atoms with Crippen LogP contribution in [-0.2, 0) is 11.2 Å². The van der Waals surface area contributed by atoms with Crippen molar-refractivity contribution in [3.8, 4) is 0 Å². The zero-order chi connectivity index (χ0) is 23.9. The van der Waals surface area contributed by atoms with Crippen LogP contribution in [0.2, 0.25) is 0 Å². The first-order valence-corrected chi connectivity index (χ1v) is 11.8. The zero-order valence-corrected chi connectivity index (χ0v) is 19.1. The molecule has 0 unspecified atom stereocenters. The number of likely N-dealkylation sites (tertiary alicyclic amines) is 1. The van der Waals surface area contributed by atoms with Gasteiger partial charge in [0, 0.05) is 30.1 Å². The van der Waals surface area contributed by atoms with Gasteiger partial charge in [-0.2, -0.15) is 0 Å². The Labute approximate surface area is 200 Å². The summed E-state index contributed by atoms with van der Waals surface area (Å²) in [5.74, 6) is -0.641. The molecule has 1 fully saturated rings. The summed E-state index contributed by atoms with van der Waals surface area (Å²) in [5.41, 5.74) is 6.28. The Morgan fingerprint density at radius 2 is 1.71 bits per heavy atom. The second kappa shape index (κ2) is 10.9. The lowest BCUT2D eigenvalue weighted by Crippen LogP contribution is -2.44. The average molecular weight is 482 g/mol. The molecule has 4 rings (SSSR count). The van der Waals surface area contributed by atoms with Gasteiger partial charge in [0.2, 0.25) is 5.91 Å². The number of hydrazine groups is 1. The lowest BCUT2D eigenvalue weighted by Gasteiger charge is -2.31. The minimum absolute atomic E-state index is 0.0177. The van der Waals surface area contributed by atoms with Gasteiger partial charge in [-0.15, -0.1) is 11.3 Å². The quantitative estimate of drug-likeness (QED) is 0.484. The molecule has 34 heavy (non-hydrogen) atoms. The minimum atomic E-state index is -0.562. The molecule has 0 spiro atoms. The highest BCUT2D eigenvalue weighted by Crippen LogP contribution is 2.30. The van der Waals surface area contributed by atoms with Gasteiger partial charge in [0.25, 0.3) is 5.91 Å². The van der Waals surface area contributed by atoms with E-state index in [9.17, 15) is 18.8 Å². The Bertz CT molecular complexity index is 1140. The van der Waals surface area contributed by atoms with Crippen LogP contribution in [0.5, 0.6) is 0 Å². The number of para-hydroxylation sites is 1. The van der Waals surface area contributed by atoms with Gasteiger partial charge in [-0.25, -0.2) is 19.6 Å². The van der Waals surface area contributed by atoms with E-state index in [2.05, 4.69) is 21.2 Å². The van der Waals surface area contributed by atoms with Crippen LogP contribution in [0.1, 0.15) is 39.8 Å². The van der Waals surface area contributed by atoms with Crippen molar-refractivity contribution in [3.63, 3.8) is 0 Å². The molecule has 3 aromatic rings. The Balaban J connectivity index is 1.23. The molecular weight excluding hydrogens is 457 g/mol. The summed E-state index contributed by atoms with van der Waals surface area (Å²) < 4.78 is 13.0. The number of carbonyl (C=O) groups is 3. The van der Waals surface area contributed by atoms with E-state index in [1.807, 2.05) is 11.0 Å². The van der Waals surface area contributed by atoms with E-state index in [0.29, 0.717) is 18.8 Å². The van der Waals surface area contributed by atoms with Crippen molar-refractivity contribution < 1.29 is 18.8 Å². The molecule has 1 saturated heterocycles. The number of urea groups is 1. The van der Waals surface area contributed by atoms with Crippen molar-refractivity contribution in [2.24, 2.45) is 0 Å². The number of rotatable bonds is 5. The third-order valence-electron chi connectivity index (χ3n) is 5.54. The Morgan fingerprint density at radius 1 is 1.00 bits per heavy atom. The molecule has 1 aromatic heterocycles. The molecule has 2 aromatic carbocycles. The maximum absolute atomic E-state index is 13.0. The van der Waals surface area contributed by atoms with Crippen molar-refractivity contribution in [2.45, 2.75) is 25.2 Å². The van der Waals surface area contributed by atoms with Crippen LogP contribution in [0.3, 0.4) is 0 Å². The van der Waals surface area contributed by atoms with Crippen molar-refractivity contribution in [2.75, 3.05) is 18.4 Å². The van der Waals surface area contributed by atoms with Crippen LogP contribution < -0.4 is 16.2 Å². The average Bonchev–Trinajstić information content (AvgIpc) is 3.35. The number of halogens is 1. The molecule has 10 heteroatoms. The van der Waals surface area contributed by atoms with E-state index in [4.69, 9.17) is 0 Å². The highest BCUT2D eigenvalue weighted by atomic mass is 32.1. The van der Waals surface area contributed by atoms with Crippen LogP contribution in [0.25, 0.3) is 0 Å². The van der Waals surface area contributed by atoms with Gasteiger partial charge in [-0.3, -0.25) is 15.0 Å². The molecule has 0 bridgehead atoms. The number of carbonyl (C=O) groups excluding carboxylic acids is 3. The Hall–Kier alpha value is -3.79. The van der Waals surface area contributed by atoms with Crippen LogP contribution in [0.15, 0.2) is 60.0 Å². The van der Waals surface area contributed by atoms with Gasteiger partial charge in [0.1, 0.15) is 11.5 Å². The van der Waals surface area contributed by atoms with E-state index >= 15 is 0 Å². The van der Waals surface area contributed by atoms with E-state index < -0.39 is 11.9 Å². The SMILES string of the molecule is O=C(NNC(=O)c1csc(C2CCN(C(=O)Cc3ccc(F)cc3)CC2)n1)Nc1ccccc1. The van der Waals surface area contributed by atoms with Gasteiger partial charge < -0.3 is 10.2 Å². The molecular formula is C24H24FN5O3S. The molecule has 4 amide bonds. The predicted octanol–water partition coefficient (Wildman–Crippen LogP) is 3.70. The number of hydrogen-bond acceptors (Lipinski definition) is 5. The van der Waals surface area contributed by atoms with Crippen molar-refractivity contribution in [1.82, 2.24) is 20.7 Å². The van der Waals surface area contributed by atoms with Gasteiger partial charge in [0.05, 0.1) is 11.4 Å². The number of hydrogen-bond donors (Lipinski definition) is 3. The summed E-state index contributed by atoms with van der Waals surface area (Å²) in [7, 11) is 0. The first-order valence-electron chi connectivity index (χ1n) is 10.9. The predicted molar refractivity (Wildman–Crippen MR) is 127 cm³/mol. The number of nitrogens with zero attached hydrogens (tertiary/aromatic N) is 2. The number of anilines is 1. The molecule has 0 radical (unpaired) electrons. The van der Waals surface area contributed by atoms with E-state index in [1.165, 1.54) is 23.5 Å². The Morgan fingerprint density at radius 3 is 2.41 bits per heavy atom. The van der Waals surface area contributed by atoms with Gasteiger partial charge in [-0.05, 0) is 42.7 Å². The third-order valence-corrected chi connectivity index (χ3v) is 6.55. The van der Waals surface area contributed by atoms with Crippen LogP contribution in [0.4, 0.5) is 14.9 Å². The van der Waals surface area contributed by atoms with Crippen LogP contribution >= 0.6 is 11.3 Å². The zero-order valence-electron chi connectivity index (χ0n) is 18.3. The number of thiazole rings is 1. The number of aromatic nitrogens is 1. The second-order valence-electron chi connectivity index (χ2n) is 7.93. The molecule has 0 aliphatic carbocycles. The molecule has 8 nitrogen and oxygen atoms in total. The Kier molecular flexibility index (Phi) is 7.48. The lowest BCUT2D eigenvalue weighted by molar-refractivity contribution is -0.131. The van der Waals surface area contributed by atoms with E-state index in [1.54, 1.807) is 41.8 Å².